The Morgan fingerprint density at radius 1 is 0.467 bits per heavy atom. The van der Waals surface area contributed by atoms with Crippen LogP contribution >= 0.6 is 0 Å². The summed E-state index contributed by atoms with van der Waals surface area (Å²) in [5.74, 6) is -25.2. The average Bonchev–Trinajstić information content (AvgIpc) is 2.04. The van der Waals surface area contributed by atoms with Crippen LogP contribution in [0.5, 0.6) is 0 Å². The lowest BCUT2D eigenvalue weighted by Crippen LogP contribution is -2.52. The standard InChI is InChI=1S/C6H3F9/c1-2(7)3(8,9)5(12,13)6(14,15)4(2,10)11/h1H3. The van der Waals surface area contributed by atoms with Crippen LogP contribution in [0.25, 0.3) is 0 Å². The third-order valence-corrected chi connectivity index (χ3v) is 2.36. The van der Waals surface area contributed by atoms with Crippen molar-refractivity contribution in [2.24, 2.45) is 0 Å². The molecule has 1 aliphatic rings. The molecule has 1 rings (SSSR count). The lowest BCUT2D eigenvalue weighted by molar-refractivity contribution is -0.303. The summed E-state index contributed by atoms with van der Waals surface area (Å²) in [4.78, 5) is 0. The third-order valence-electron chi connectivity index (χ3n) is 2.36. The van der Waals surface area contributed by atoms with E-state index in [4.69, 9.17) is 0 Å². The van der Waals surface area contributed by atoms with E-state index in [9.17, 15) is 39.5 Å². The Morgan fingerprint density at radius 3 is 0.733 bits per heavy atom. The number of halogens is 9. The first kappa shape index (κ1) is 12.4. The summed E-state index contributed by atoms with van der Waals surface area (Å²) < 4.78 is 111. The highest BCUT2D eigenvalue weighted by atomic mass is 19.4. The summed E-state index contributed by atoms with van der Waals surface area (Å²) in [6.45, 7) is -0.679. The van der Waals surface area contributed by atoms with Crippen LogP contribution in [0, 0.1) is 0 Å². The van der Waals surface area contributed by atoms with Crippen molar-refractivity contribution in [3.8, 4) is 0 Å². The van der Waals surface area contributed by atoms with Crippen molar-refractivity contribution in [2.45, 2.75) is 36.3 Å². The van der Waals surface area contributed by atoms with Crippen LogP contribution < -0.4 is 0 Å². The van der Waals surface area contributed by atoms with E-state index in [-0.39, 0.29) is 0 Å². The molecule has 0 spiro atoms. The maximum atomic E-state index is 12.7. The molecule has 0 N–H and O–H groups in total. The Balaban J connectivity index is 3.55. The topological polar surface area (TPSA) is 0 Å². The molecule has 1 fully saturated rings. The molecule has 90 valence electrons. The predicted molar refractivity (Wildman–Crippen MR) is 29.3 cm³/mol. The summed E-state index contributed by atoms with van der Waals surface area (Å²) in [6, 6.07) is 0. The van der Waals surface area contributed by atoms with Gasteiger partial charge in [-0.1, -0.05) is 0 Å². The minimum Gasteiger partial charge on any atom is -0.230 e. The van der Waals surface area contributed by atoms with Gasteiger partial charge in [0.05, 0.1) is 0 Å². The fraction of sp³-hybridized carbons (Fsp3) is 1.00. The molecule has 0 atom stereocenters. The zero-order valence-electron chi connectivity index (χ0n) is 6.90. The largest absolute Gasteiger partial charge is 0.381 e. The van der Waals surface area contributed by atoms with E-state index in [0.717, 1.165) is 0 Å². The molecule has 0 aromatic heterocycles. The highest BCUT2D eigenvalue weighted by Gasteiger charge is 2.99. The van der Waals surface area contributed by atoms with Gasteiger partial charge in [0.1, 0.15) is 0 Å². The molecule has 0 amide bonds. The monoisotopic (exact) mass is 246 g/mol. The van der Waals surface area contributed by atoms with Crippen molar-refractivity contribution < 1.29 is 39.5 Å². The molecule has 0 aliphatic heterocycles. The minimum absolute atomic E-state index is 0.679. The fourth-order valence-corrected chi connectivity index (χ4v) is 1.18. The summed E-state index contributed by atoms with van der Waals surface area (Å²) in [7, 11) is 0. The second kappa shape index (κ2) is 2.37. The first-order valence-corrected chi connectivity index (χ1v) is 3.45. The van der Waals surface area contributed by atoms with Crippen LogP contribution in [0.4, 0.5) is 39.5 Å². The minimum atomic E-state index is -6.44. The average molecular weight is 246 g/mol. The van der Waals surface area contributed by atoms with E-state index in [1.165, 1.54) is 0 Å². The molecule has 0 nitrogen and oxygen atoms in total. The van der Waals surface area contributed by atoms with Gasteiger partial charge < -0.3 is 0 Å². The molecule has 0 aromatic carbocycles. The molecule has 0 radical (unpaired) electrons. The van der Waals surface area contributed by atoms with Gasteiger partial charge >= 0.3 is 23.7 Å². The number of rotatable bonds is 0. The van der Waals surface area contributed by atoms with Crippen molar-refractivity contribution in [1.29, 1.82) is 0 Å². The molecule has 0 aromatic rings. The van der Waals surface area contributed by atoms with E-state index < -0.39 is 36.3 Å². The molecule has 9 heteroatoms. The maximum absolute atomic E-state index is 12.7. The van der Waals surface area contributed by atoms with Gasteiger partial charge in [-0.05, 0) is 6.92 Å². The Morgan fingerprint density at radius 2 is 0.667 bits per heavy atom. The van der Waals surface area contributed by atoms with Crippen LogP contribution in [0.1, 0.15) is 6.92 Å². The van der Waals surface area contributed by atoms with Gasteiger partial charge in [-0.15, -0.1) is 0 Å². The number of hydrogen-bond acceptors (Lipinski definition) is 0. The highest BCUT2D eigenvalue weighted by molar-refractivity contribution is 5.25. The number of hydrogen-bond donors (Lipinski definition) is 0. The van der Waals surface area contributed by atoms with Crippen LogP contribution in [0.15, 0.2) is 0 Å². The second-order valence-corrected chi connectivity index (χ2v) is 3.30. The van der Waals surface area contributed by atoms with Crippen LogP contribution in [0.3, 0.4) is 0 Å². The van der Waals surface area contributed by atoms with Gasteiger partial charge in [-0.3, -0.25) is 0 Å². The molecular formula is C6H3F9. The van der Waals surface area contributed by atoms with Crippen LogP contribution in [-0.2, 0) is 0 Å². The highest BCUT2D eigenvalue weighted by Crippen LogP contribution is 2.68. The van der Waals surface area contributed by atoms with Crippen LogP contribution in [-0.4, -0.2) is 29.4 Å². The normalized spacial score (nSPS) is 34.0. The molecule has 1 saturated carbocycles. The quantitative estimate of drug-likeness (QED) is 0.575. The predicted octanol–water partition coefficient (Wildman–Crippen LogP) is 3.27. The lowest BCUT2D eigenvalue weighted by Gasteiger charge is -2.26. The molecule has 0 heterocycles. The maximum Gasteiger partial charge on any atom is 0.381 e. The Bertz CT molecular complexity index is 199. The van der Waals surface area contributed by atoms with E-state index in [2.05, 4.69) is 0 Å². The van der Waals surface area contributed by atoms with Crippen LogP contribution in [0.2, 0.25) is 0 Å². The zero-order valence-corrected chi connectivity index (χ0v) is 6.90. The summed E-state index contributed by atoms with van der Waals surface area (Å²) in [6.07, 6.45) is 0. The van der Waals surface area contributed by atoms with Crippen molar-refractivity contribution >= 4 is 0 Å². The third kappa shape index (κ3) is 0.878. The molecule has 0 unspecified atom stereocenters. The lowest BCUT2D eigenvalue weighted by atomic mass is 10.0. The van der Waals surface area contributed by atoms with Gasteiger partial charge in [-0.2, -0.15) is 35.1 Å². The van der Waals surface area contributed by atoms with E-state index in [1.807, 2.05) is 0 Å². The molecular weight excluding hydrogens is 243 g/mol. The Labute approximate surface area is 77.0 Å². The summed E-state index contributed by atoms with van der Waals surface area (Å²) in [5.41, 5.74) is -5.31. The second-order valence-electron chi connectivity index (χ2n) is 3.30. The fourth-order valence-electron chi connectivity index (χ4n) is 1.18. The van der Waals surface area contributed by atoms with Crippen molar-refractivity contribution in [3.05, 3.63) is 0 Å². The first-order chi connectivity index (χ1) is 6.25. The molecule has 0 saturated heterocycles. The van der Waals surface area contributed by atoms with E-state index >= 15 is 0 Å². The SMILES string of the molecule is CC1(F)C(F)(F)C(F)(F)C(F)(F)C1(F)F. The smallest absolute Gasteiger partial charge is 0.230 e. The van der Waals surface area contributed by atoms with Gasteiger partial charge in [0.15, 0.2) is 0 Å². The Kier molecular flexibility index (Phi) is 1.97. The molecule has 0 bridgehead atoms. The summed E-state index contributed by atoms with van der Waals surface area (Å²) >= 11 is 0. The van der Waals surface area contributed by atoms with Gasteiger partial charge in [0.2, 0.25) is 5.67 Å². The zero-order chi connectivity index (χ0) is 12.5. The Hall–Kier alpha value is -0.630. The van der Waals surface area contributed by atoms with E-state index in [0.29, 0.717) is 0 Å². The van der Waals surface area contributed by atoms with Crippen molar-refractivity contribution in [3.63, 3.8) is 0 Å². The summed E-state index contributed by atoms with van der Waals surface area (Å²) in [5, 5.41) is 0. The van der Waals surface area contributed by atoms with E-state index in [1.54, 1.807) is 0 Å². The number of alkyl halides is 9. The first-order valence-electron chi connectivity index (χ1n) is 3.45. The van der Waals surface area contributed by atoms with Gasteiger partial charge in [0.25, 0.3) is 0 Å². The van der Waals surface area contributed by atoms with Gasteiger partial charge in [0, 0.05) is 0 Å². The molecule has 15 heavy (non-hydrogen) atoms. The van der Waals surface area contributed by atoms with Crippen molar-refractivity contribution in [2.75, 3.05) is 0 Å². The van der Waals surface area contributed by atoms with Crippen molar-refractivity contribution in [1.82, 2.24) is 0 Å². The molecule has 1 aliphatic carbocycles. The van der Waals surface area contributed by atoms with Gasteiger partial charge in [-0.25, -0.2) is 4.39 Å².